The van der Waals surface area contributed by atoms with Crippen LogP contribution in [0.1, 0.15) is 66.2 Å². The summed E-state index contributed by atoms with van der Waals surface area (Å²) in [6.07, 6.45) is 3.71. The van der Waals surface area contributed by atoms with E-state index in [0.717, 1.165) is 25.7 Å². The molecule has 0 rings (SSSR count). The van der Waals surface area contributed by atoms with Gasteiger partial charge in [0.15, 0.2) is 0 Å². The Morgan fingerprint density at radius 2 is 1.48 bits per heavy atom. The first-order valence-electron chi connectivity index (χ1n) is 9.17. The van der Waals surface area contributed by atoms with E-state index in [9.17, 15) is 14.4 Å². The smallest absolute Gasteiger partial charge is 0.407 e. The third-order valence-electron chi connectivity index (χ3n) is 3.65. The van der Waals surface area contributed by atoms with Gasteiger partial charge in [-0.2, -0.15) is 0 Å². The molecule has 0 aliphatic carbocycles. The van der Waals surface area contributed by atoms with Crippen LogP contribution in [0.4, 0.5) is 4.79 Å². The first kappa shape index (κ1) is 23.2. The van der Waals surface area contributed by atoms with Gasteiger partial charge in [-0.1, -0.05) is 53.4 Å². The van der Waals surface area contributed by atoms with Crippen molar-refractivity contribution in [3.8, 4) is 0 Å². The van der Waals surface area contributed by atoms with Crippen LogP contribution in [0.2, 0.25) is 0 Å². The fourth-order valence-electron chi connectivity index (χ4n) is 2.16. The van der Waals surface area contributed by atoms with Crippen molar-refractivity contribution in [2.24, 2.45) is 5.92 Å². The van der Waals surface area contributed by atoms with Gasteiger partial charge in [-0.3, -0.25) is 4.79 Å². The summed E-state index contributed by atoms with van der Waals surface area (Å²) in [6, 6.07) is -1.43. The number of carbonyl (C=O) groups excluding carboxylic acids is 3. The van der Waals surface area contributed by atoms with Gasteiger partial charge < -0.3 is 20.1 Å². The van der Waals surface area contributed by atoms with Gasteiger partial charge in [-0.05, 0) is 18.8 Å². The van der Waals surface area contributed by atoms with Gasteiger partial charge in [0.05, 0.1) is 13.7 Å². The molecule has 146 valence electrons. The highest BCUT2D eigenvalue weighted by molar-refractivity contribution is 5.89. The van der Waals surface area contributed by atoms with Crippen LogP contribution in [0.5, 0.6) is 0 Å². The average Bonchev–Trinajstić information content (AvgIpc) is 2.59. The zero-order valence-electron chi connectivity index (χ0n) is 16.2. The molecule has 0 radical (unpaired) electrons. The second kappa shape index (κ2) is 13.5. The fourth-order valence-corrected chi connectivity index (χ4v) is 2.16. The lowest BCUT2D eigenvalue weighted by atomic mass is 10.1. The molecule has 0 aromatic carbocycles. The number of ether oxygens (including phenoxy) is 2. The van der Waals surface area contributed by atoms with Gasteiger partial charge in [-0.15, -0.1) is 0 Å². The predicted octanol–water partition coefficient (Wildman–Crippen LogP) is 2.78. The molecule has 0 aliphatic rings. The average molecular weight is 358 g/mol. The van der Waals surface area contributed by atoms with E-state index < -0.39 is 24.1 Å². The van der Waals surface area contributed by atoms with Crippen molar-refractivity contribution in [1.82, 2.24) is 10.6 Å². The molecular formula is C18H34N2O5. The lowest BCUT2D eigenvalue weighted by molar-refractivity contribution is -0.149. The van der Waals surface area contributed by atoms with Crippen LogP contribution < -0.4 is 10.6 Å². The Balaban J connectivity index is 4.90. The number of amides is 2. The maximum atomic E-state index is 12.5. The minimum absolute atomic E-state index is 0.227. The minimum Gasteiger partial charge on any atom is -0.464 e. The molecule has 2 unspecified atom stereocenters. The van der Waals surface area contributed by atoms with Gasteiger partial charge in [-0.25, -0.2) is 9.59 Å². The summed E-state index contributed by atoms with van der Waals surface area (Å²) in [4.78, 5) is 36.2. The van der Waals surface area contributed by atoms with Crippen molar-refractivity contribution in [2.45, 2.75) is 78.3 Å². The first-order chi connectivity index (χ1) is 11.8. The standard InChI is InChI=1S/C18H34N2O5/c1-6-8-10-14(20-18(23)24-5)16(21)19-15(11-9-7-2)17(22)25-12-13(3)4/h13-15H,6-12H2,1-5H3,(H,19,21)(H,20,23). The Morgan fingerprint density at radius 3 is 1.96 bits per heavy atom. The van der Waals surface area contributed by atoms with Crippen LogP contribution in [-0.4, -0.2) is 43.8 Å². The summed E-state index contributed by atoms with van der Waals surface area (Å²) >= 11 is 0. The highest BCUT2D eigenvalue weighted by atomic mass is 16.5. The SMILES string of the molecule is CCCCC(NC(=O)OC)C(=O)NC(CCCC)C(=O)OCC(C)C. The molecule has 0 saturated carbocycles. The summed E-state index contributed by atoms with van der Waals surface area (Å²) < 4.78 is 9.83. The third kappa shape index (κ3) is 10.6. The second-order valence-corrected chi connectivity index (χ2v) is 6.56. The van der Waals surface area contributed by atoms with E-state index in [1.165, 1.54) is 7.11 Å². The summed E-state index contributed by atoms with van der Waals surface area (Å²) in [5, 5.41) is 5.26. The molecule has 2 atom stereocenters. The second-order valence-electron chi connectivity index (χ2n) is 6.56. The van der Waals surface area contributed by atoms with Gasteiger partial charge in [0.1, 0.15) is 12.1 Å². The number of nitrogens with one attached hydrogen (secondary N) is 2. The van der Waals surface area contributed by atoms with Crippen molar-refractivity contribution in [3.05, 3.63) is 0 Å². The van der Waals surface area contributed by atoms with E-state index in [1.54, 1.807) is 0 Å². The van der Waals surface area contributed by atoms with Crippen LogP contribution in [0.3, 0.4) is 0 Å². The number of hydrogen-bond donors (Lipinski definition) is 2. The Kier molecular flexibility index (Phi) is 12.5. The van der Waals surface area contributed by atoms with Gasteiger partial charge in [0.25, 0.3) is 0 Å². The van der Waals surface area contributed by atoms with E-state index in [1.807, 2.05) is 27.7 Å². The van der Waals surface area contributed by atoms with Crippen LogP contribution >= 0.6 is 0 Å². The van der Waals surface area contributed by atoms with E-state index in [2.05, 4.69) is 15.4 Å². The topological polar surface area (TPSA) is 93.7 Å². The van der Waals surface area contributed by atoms with Gasteiger partial charge in [0, 0.05) is 0 Å². The number of esters is 1. The van der Waals surface area contributed by atoms with Crippen molar-refractivity contribution in [2.75, 3.05) is 13.7 Å². The molecule has 2 amide bonds. The third-order valence-corrected chi connectivity index (χ3v) is 3.65. The number of methoxy groups -OCH3 is 1. The van der Waals surface area contributed by atoms with E-state index in [4.69, 9.17) is 4.74 Å². The largest absolute Gasteiger partial charge is 0.464 e. The van der Waals surface area contributed by atoms with Crippen molar-refractivity contribution < 1.29 is 23.9 Å². The molecule has 2 N–H and O–H groups in total. The number of hydrogen-bond acceptors (Lipinski definition) is 5. The quantitative estimate of drug-likeness (QED) is 0.523. The number of rotatable bonds is 12. The Morgan fingerprint density at radius 1 is 0.920 bits per heavy atom. The van der Waals surface area contributed by atoms with E-state index in [0.29, 0.717) is 19.4 Å². The molecule has 0 spiro atoms. The Hall–Kier alpha value is -1.79. The minimum atomic E-state index is -0.727. The van der Waals surface area contributed by atoms with Crippen molar-refractivity contribution in [3.63, 3.8) is 0 Å². The molecule has 0 aromatic rings. The lowest BCUT2D eigenvalue weighted by Gasteiger charge is -2.22. The molecule has 7 heteroatoms. The van der Waals surface area contributed by atoms with Crippen molar-refractivity contribution >= 4 is 18.0 Å². The number of carbonyl (C=O) groups is 3. The van der Waals surface area contributed by atoms with E-state index in [-0.39, 0.29) is 11.8 Å². The number of alkyl carbamates (subject to hydrolysis) is 1. The van der Waals surface area contributed by atoms with Crippen LogP contribution in [0.25, 0.3) is 0 Å². The summed E-state index contributed by atoms with van der Waals surface area (Å²) in [6.45, 7) is 8.24. The Labute approximate surface area is 151 Å². The Bertz CT molecular complexity index is 412. The predicted molar refractivity (Wildman–Crippen MR) is 96.1 cm³/mol. The zero-order chi connectivity index (χ0) is 19.2. The summed E-state index contributed by atoms with van der Waals surface area (Å²) in [7, 11) is 1.25. The molecule has 0 bridgehead atoms. The normalized spacial score (nSPS) is 13.0. The molecule has 7 nitrogen and oxygen atoms in total. The lowest BCUT2D eigenvalue weighted by Crippen LogP contribution is -2.52. The van der Waals surface area contributed by atoms with Crippen LogP contribution in [-0.2, 0) is 19.1 Å². The van der Waals surface area contributed by atoms with Gasteiger partial charge in [0.2, 0.25) is 5.91 Å². The molecule has 0 heterocycles. The molecule has 0 fully saturated rings. The first-order valence-corrected chi connectivity index (χ1v) is 9.17. The van der Waals surface area contributed by atoms with Gasteiger partial charge >= 0.3 is 12.1 Å². The van der Waals surface area contributed by atoms with E-state index >= 15 is 0 Å². The zero-order valence-corrected chi connectivity index (χ0v) is 16.2. The summed E-state index contributed by atoms with van der Waals surface area (Å²) in [5.74, 6) is -0.589. The maximum absolute atomic E-state index is 12.5. The summed E-state index contributed by atoms with van der Waals surface area (Å²) in [5.41, 5.74) is 0. The maximum Gasteiger partial charge on any atom is 0.407 e. The van der Waals surface area contributed by atoms with Crippen LogP contribution in [0.15, 0.2) is 0 Å². The molecule has 0 saturated heterocycles. The highest BCUT2D eigenvalue weighted by Gasteiger charge is 2.27. The molecular weight excluding hydrogens is 324 g/mol. The van der Waals surface area contributed by atoms with Crippen molar-refractivity contribution in [1.29, 1.82) is 0 Å². The molecule has 0 aliphatic heterocycles. The monoisotopic (exact) mass is 358 g/mol. The molecule has 0 aromatic heterocycles. The molecule has 25 heavy (non-hydrogen) atoms. The fraction of sp³-hybridized carbons (Fsp3) is 0.833. The highest BCUT2D eigenvalue weighted by Crippen LogP contribution is 2.07. The van der Waals surface area contributed by atoms with Crippen LogP contribution in [0, 0.1) is 5.92 Å². The number of unbranched alkanes of at least 4 members (excludes halogenated alkanes) is 2.